The van der Waals surface area contributed by atoms with Crippen molar-refractivity contribution in [3.05, 3.63) is 58.1 Å². The van der Waals surface area contributed by atoms with E-state index in [0.717, 1.165) is 11.1 Å². The smallest absolute Gasteiger partial charge is 0.343 e. The maximum atomic E-state index is 12.9. The summed E-state index contributed by atoms with van der Waals surface area (Å²) in [6.07, 6.45) is 0. The second-order valence-electron chi connectivity index (χ2n) is 6.37. The number of carbonyl (C=O) groups is 1. The first-order valence-electron chi connectivity index (χ1n) is 8.45. The van der Waals surface area contributed by atoms with Crippen molar-refractivity contribution < 1.29 is 22.7 Å². The highest BCUT2D eigenvalue weighted by Crippen LogP contribution is 2.27. The topological polar surface area (TPSA) is 72.9 Å². The van der Waals surface area contributed by atoms with Gasteiger partial charge in [-0.25, -0.2) is 13.2 Å². The van der Waals surface area contributed by atoms with Gasteiger partial charge in [0.1, 0.15) is 10.6 Å². The van der Waals surface area contributed by atoms with Crippen molar-refractivity contribution in [2.45, 2.75) is 18.7 Å². The molecule has 0 aromatic heterocycles. The number of ether oxygens (including phenoxy) is 2. The summed E-state index contributed by atoms with van der Waals surface area (Å²) in [6.45, 7) is 4.95. The van der Waals surface area contributed by atoms with Gasteiger partial charge in [-0.2, -0.15) is 4.31 Å². The Bertz CT molecular complexity index is 948. The summed E-state index contributed by atoms with van der Waals surface area (Å²) < 4.78 is 37.6. The predicted molar refractivity (Wildman–Crippen MR) is 102 cm³/mol. The van der Waals surface area contributed by atoms with Crippen LogP contribution in [-0.2, 0) is 14.8 Å². The quantitative estimate of drug-likeness (QED) is 0.572. The van der Waals surface area contributed by atoms with Gasteiger partial charge in [-0.3, -0.25) is 0 Å². The number of halogens is 1. The summed E-state index contributed by atoms with van der Waals surface area (Å²) in [5, 5.41) is 0.0597. The van der Waals surface area contributed by atoms with Crippen LogP contribution in [0.2, 0.25) is 5.02 Å². The van der Waals surface area contributed by atoms with E-state index in [1.807, 2.05) is 19.9 Å². The molecular formula is C19H20ClNO5S. The average molecular weight is 410 g/mol. The molecule has 0 amide bonds. The summed E-state index contributed by atoms with van der Waals surface area (Å²) in [6, 6.07) is 9.56. The second kappa shape index (κ2) is 7.98. The van der Waals surface area contributed by atoms with E-state index in [-0.39, 0.29) is 28.6 Å². The minimum atomic E-state index is -3.82. The third kappa shape index (κ3) is 4.50. The van der Waals surface area contributed by atoms with Gasteiger partial charge in [-0.15, -0.1) is 0 Å². The maximum Gasteiger partial charge on any atom is 0.343 e. The number of morpholine rings is 1. The van der Waals surface area contributed by atoms with Gasteiger partial charge in [0.15, 0.2) is 0 Å². The molecule has 3 rings (SSSR count). The standard InChI is InChI=1S/C19H20ClNO5S/c1-13-9-14(2)11-16(10-13)26-19(22)15-3-4-17(20)18(12-15)27(23,24)21-5-7-25-8-6-21/h3-4,9-12H,5-8H2,1-2H3. The van der Waals surface area contributed by atoms with Gasteiger partial charge in [0.05, 0.1) is 23.8 Å². The minimum absolute atomic E-state index is 0.0597. The van der Waals surface area contributed by atoms with E-state index in [4.69, 9.17) is 21.1 Å². The van der Waals surface area contributed by atoms with E-state index >= 15 is 0 Å². The molecule has 0 aliphatic carbocycles. The maximum absolute atomic E-state index is 12.9. The number of hydrogen-bond donors (Lipinski definition) is 0. The molecule has 2 aromatic rings. The zero-order chi connectivity index (χ0) is 19.6. The number of nitrogens with zero attached hydrogens (tertiary/aromatic N) is 1. The van der Waals surface area contributed by atoms with Crippen LogP contribution in [0.15, 0.2) is 41.3 Å². The fourth-order valence-corrected chi connectivity index (χ4v) is 4.82. The van der Waals surface area contributed by atoms with Crippen LogP contribution in [0.1, 0.15) is 21.5 Å². The Morgan fingerprint density at radius 3 is 2.33 bits per heavy atom. The first-order valence-corrected chi connectivity index (χ1v) is 10.3. The monoisotopic (exact) mass is 409 g/mol. The number of aryl methyl sites for hydroxylation is 2. The zero-order valence-corrected chi connectivity index (χ0v) is 16.6. The van der Waals surface area contributed by atoms with E-state index in [1.165, 1.54) is 22.5 Å². The van der Waals surface area contributed by atoms with Gasteiger partial charge in [-0.1, -0.05) is 17.7 Å². The highest BCUT2D eigenvalue weighted by Gasteiger charge is 2.29. The lowest BCUT2D eigenvalue weighted by molar-refractivity contribution is 0.0727. The number of carbonyl (C=O) groups excluding carboxylic acids is 1. The lowest BCUT2D eigenvalue weighted by Gasteiger charge is -2.26. The fourth-order valence-electron chi connectivity index (χ4n) is 2.91. The number of esters is 1. The molecule has 0 saturated carbocycles. The van der Waals surface area contributed by atoms with E-state index < -0.39 is 16.0 Å². The molecular weight excluding hydrogens is 390 g/mol. The summed E-state index contributed by atoms with van der Waals surface area (Å²) >= 11 is 6.12. The van der Waals surface area contributed by atoms with E-state index in [2.05, 4.69) is 0 Å². The van der Waals surface area contributed by atoms with Gasteiger partial charge >= 0.3 is 5.97 Å². The van der Waals surface area contributed by atoms with Gasteiger partial charge in [-0.05, 0) is 55.3 Å². The lowest BCUT2D eigenvalue weighted by atomic mass is 10.1. The molecule has 6 nitrogen and oxygen atoms in total. The Morgan fingerprint density at radius 1 is 1.07 bits per heavy atom. The Kier molecular flexibility index (Phi) is 5.86. The third-order valence-corrected chi connectivity index (χ3v) is 6.54. The molecule has 1 fully saturated rings. The molecule has 1 heterocycles. The minimum Gasteiger partial charge on any atom is -0.423 e. The van der Waals surface area contributed by atoms with Gasteiger partial charge < -0.3 is 9.47 Å². The van der Waals surface area contributed by atoms with Crippen molar-refractivity contribution >= 4 is 27.6 Å². The molecule has 1 aliphatic heterocycles. The molecule has 1 aliphatic rings. The van der Waals surface area contributed by atoms with Gasteiger partial charge in [0.25, 0.3) is 0 Å². The molecule has 27 heavy (non-hydrogen) atoms. The van der Waals surface area contributed by atoms with Crippen LogP contribution in [0.25, 0.3) is 0 Å². The number of hydrogen-bond acceptors (Lipinski definition) is 5. The van der Waals surface area contributed by atoms with Crippen molar-refractivity contribution in [3.63, 3.8) is 0 Å². The first-order chi connectivity index (χ1) is 12.8. The van der Waals surface area contributed by atoms with Crippen molar-refractivity contribution in [3.8, 4) is 5.75 Å². The molecule has 0 spiro atoms. The molecule has 0 unspecified atom stereocenters. The van der Waals surface area contributed by atoms with E-state index in [1.54, 1.807) is 12.1 Å². The van der Waals surface area contributed by atoms with Crippen molar-refractivity contribution in [2.75, 3.05) is 26.3 Å². The lowest BCUT2D eigenvalue weighted by Crippen LogP contribution is -2.40. The molecule has 1 saturated heterocycles. The molecule has 2 aromatic carbocycles. The number of rotatable bonds is 4. The Hall–Kier alpha value is -1.93. The van der Waals surface area contributed by atoms with Crippen LogP contribution in [0.4, 0.5) is 0 Å². The van der Waals surface area contributed by atoms with Crippen LogP contribution < -0.4 is 4.74 Å². The molecule has 144 valence electrons. The van der Waals surface area contributed by atoms with E-state index in [9.17, 15) is 13.2 Å². The summed E-state index contributed by atoms with van der Waals surface area (Å²) in [5.41, 5.74) is 2.04. The fraction of sp³-hybridized carbons (Fsp3) is 0.316. The largest absolute Gasteiger partial charge is 0.423 e. The van der Waals surface area contributed by atoms with Crippen molar-refractivity contribution in [1.82, 2.24) is 4.31 Å². The highest BCUT2D eigenvalue weighted by atomic mass is 35.5. The SMILES string of the molecule is Cc1cc(C)cc(OC(=O)c2ccc(Cl)c(S(=O)(=O)N3CCOCC3)c2)c1. The molecule has 8 heteroatoms. The molecule has 0 bridgehead atoms. The van der Waals surface area contributed by atoms with Crippen LogP contribution in [0, 0.1) is 13.8 Å². The highest BCUT2D eigenvalue weighted by molar-refractivity contribution is 7.89. The average Bonchev–Trinajstić information content (AvgIpc) is 2.61. The normalized spacial score (nSPS) is 15.5. The van der Waals surface area contributed by atoms with Crippen LogP contribution >= 0.6 is 11.6 Å². The van der Waals surface area contributed by atoms with Crippen LogP contribution in [0.5, 0.6) is 5.75 Å². The second-order valence-corrected chi connectivity index (χ2v) is 8.69. The number of sulfonamides is 1. The Morgan fingerprint density at radius 2 is 1.70 bits per heavy atom. The third-order valence-electron chi connectivity index (χ3n) is 4.16. The van der Waals surface area contributed by atoms with Crippen molar-refractivity contribution in [2.24, 2.45) is 0 Å². The molecule has 0 radical (unpaired) electrons. The van der Waals surface area contributed by atoms with E-state index in [0.29, 0.717) is 19.0 Å². The van der Waals surface area contributed by atoms with Gasteiger partial charge in [0, 0.05) is 13.1 Å². The first kappa shape index (κ1) is 19.8. The Labute approximate surface area is 163 Å². The predicted octanol–water partition coefficient (Wildman–Crippen LogP) is 3.20. The summed E-state index contributed by atoms with van der Waals surface area (Å²) in [7, 11) is -3.82. The van der Waals surface area contributed by atoms with Crippen molar-refractivity contribution in [1.29, 1.82) is 0 Å². The summed E-state index contributed by atoms with van der Waals surface area (Å²) in [4.78, 5) is 12.4. The number of benzene rings is 2. The summed E-state index contributed by atoms with van der Waals surface area (Å²) in [5.74, 6) is -0.236. The van der Waals surface area contributed by atoms with Crippen LogP contribution in [-0.4, -0.2) is 45.0 Å². The molecule has 0 N–H and O–H groups in total. The van der Waals surface area contributed by atoms with Gasteiger partial charge in [0.2, 0.25) is 10.0 Å². The molecule has 0 atom stereocenters. The zero-order valence-electron chi connectivity index (χ0n) is 15.1. The van der Waals surface area contributed by atoms with Crippen LogP contribution in [0.3, 0.4) is 0 Å². The Balaban J connectivity index is 1.89.